The van der Waals surface area contributed by atoms with Crippen LogP contribution in [-0.2, 0) is 4.74 Å². The molecule has 0 atom stereocenters. The smallest absolute Gasteiger partial charge is 0.166 e. The van der Waals surface area contributed by atoms with Crippen LogP contribution in [0.5, 0.6) is 0 Å². The summed E-state index contributed by atoms with van der Waals surface area (Å²) in [5.41, 5.74) is 2.28. The Kier molecular flexibility index (Phi) is 6.13. The predicted molar refractivity (Wildman–Crippen MR) is 118 cm³/mol. The van der Waals surface area contributed by atoms with Gasteiger partial charge in [0.05, 0.1) is 5.52 Å². The molecule has 0 aliphatic heterocycles. The lowest BCUT2D eigenvalue weighted by Crippen LogP contribution is -2.21. The minimum atomic E-state index is -0.877. The number of fused-ring (bicyclic) bond motifs is 1. The van der Waals surface area contributed by atoms with Gasteiger partial charge in [0.15, 0.2) is 17.5 Å². The molecule has 0 saturated carbocycles. The lowest BCUT2D eigenvalue weighted by Gasteiger charge is -2.21. The molecule has 0 unspecified atom stereocenters. The Morgan fingerprint density at radius 2 is 1.87 bits per heavy atom. The number of hydrogen-bond donors (Lipinski definition) is 0. The Morgan fingerprint density at radius 3 is 2.65 bits per heavy atom. The van der Waals surface area contributed by atoms with Crippen molar-refractivity contribution in [3.05, 3.63) is 72.6 Å². The molecule has 0 aliphatic rings. The van der Waals surface area contributed by atoms with Gasteiger partial charge in [-0.2, -0.15) is 0 Å². The normalized spacial score (nSPS) is 11.1. The zero-order valence-electron chi connectivity index (χ0n) is 17.3. The van der Waals surface area contributed by atoms with Crippen molar-refractivity contribution in [3.8, 4) is 22.5 Å². The van der Waals surface area contributed by atoms with E-state index < -0.39 is 11.6 Å². The average Bonchev–Trinajstić information content (AvgIpc) is 2.80. The van der Waals surface area contributed by atoms with Gasteiger partial charge < -0.3 is 9.64 Å². The topological polar surface area (TPSA) is 51.1 Å². The van der Waals surface area contributed by atoms with Crippen molar-refractivity contribution >= 4 is 16.7 Å². The molecule has 4 aromatic rings. The fourth-order valence-electron chi connectivity index (χ4n) is 3.47. The summed E-state index contributed by atoms with van der Waals surface area (Å²) in [5.74, 6) is -0.486. The van der Waals surface area contributed by atoms with E-state index >= 15 is 0 Å². The molecule has 2 aromatic heterocycles. The molecule has 2 heterocycles. The lowest BCUT2D eigenvalue weighted by molar-refractivity contribution is 0.196. The summed E-state index contributed by atoms with van der Waals surface area (Å²) < 4.78 is 33.3. The first kappa shape index (κ1) is 20.8. The summed E-state index contributed by atoms with van der Waals surface area (Å²) >= 11 is 0. The van der Waals surface area contributed by atoms with Crippen LogP contribution < -0.4 is 4.90 Å². The van der Waals surface area contributed by atoms with E-state index in [2.05, 4.69) is 9.97 Å². The van der Waals surface area contributed by atoms with Crippen LogP contribution >= 0.6 is 0 Å². The third-order valence-corrected chi connectivity index (χ3v) is 5.06. The first-order chi connectivity index (χ1) is 15.1. The quantitative estimate of drug-likeness (QED) is 0.389. The second-order valence-electron chi connectivity index (χ2n) is 7.21. The molecule has 31 heavy (non-hydrogen) atoms. The SMILES string of the molecule is COCCCN(C)c1nc(-c2cccnc2)nc2ccc(-c3cccc(F)c3F)cc12. The molecule has 5 nitrogen and oxygen atoms in total. The third-order valence-electron chi connectivity index (χ3n) is 5.06. The molecule has 7 heteroatoms. The van der Waals surface area contributed by atoms with E-state index in [1.807, 2.05) is 36.2 Å². The van der Waals surface area contributed by atoms with Crippen molar-refractivity contribution in [2.45, 2.75) is 6.42 Å². The Morgan fingerprint density at radius 1 is 1.00 bits per heavy atom. The van der Waals surface area contributed by atoms with Crippen LogP contribution in [0.4, 0.5) is 14.6 Å². The minimum Gasteiger partial charge on any atom is -0.385 e. The zero-order chi connectivity index (χ0) is 21.8. The van der Waals surface area contributed by atoms with Gasteiger partial charge in [0, 0.05) is 56.2 Å². The number of pyridine rings is 1. The highest BCUT2D eigenvalue weighted by molar-refractivity contribution is 5.94. The molecular formula is C24H22F2N4O. The highest BCUT2D eigenvalue weighted by atomic mass is 19.2. The van der Waals surface area contributed by atoms with Crippen molar-refractivity contribution < 1.29 is 13.5 Å². The number of halogens is 2. The molecule has 0 saturated heterocycles. The fourth-order valence-corrected chi connectivity index (χ4v) is 3.47. The van der Waals surface area contributed by atoms with E-state index in [1.165, 1.54) is 6.07 Å². The first-order valence-corrected chi connectivity index (χ1v) is 9.95. The van der Waals surface area contributed by atoms with Crippen molar-refractivity contribution in [2.75, 3.05) is 32.2 Å². The van der Waals surface area contributed by atoms with Gasteiger partial charge in [-0.25, -0.2) is 18.7 Å². The van der Waals surface area contributed by atoms with E-state index in [0.29, 0.717) is 35.9 Å². The van der Waals surface area contributed by atoms with E-state index in [9.17, 15) is 8.78 Å². The number of nitrogens with zero attached hydrogens (tertiary/aromatic N) is 4. The number of rotatable bonds is 7. The molecule has 0 bridgehead atoms. The van der Waals surface area contributed by atoms with Crippen LogP contribution in [0, 0.1) is 11.6 Å². The Hall–Kier alpha value is -3.45. The van der Waals surface area contributed by atoms with Crippen LogP contribution in [-0.4, -0.2) is 42.3 Å². The summed E-state index contributed by atoms with van der Waals surface area (Å²) in [6, 6.07) is 13.3. The van der Waals surface area contributed by atoms with Gasteiger partial charge >= 0.3 is 0 Å². The van der Waals surface area contributed by atoms with E-state index in [-0.39, 0.29) is 5.56 Å². The average molecular weight is 420 g/mol. The van der Waals surface area contributed by atoms with Gasteiger partial charge in [0.1, 0.15) is 5.82 Å². The Labute approximate surface area is 179 Å². The molecule has 0 amide bonds. The van der Waals surface area contributed by atoms with E-state index in [4.69, 9.17) is 9.72 Å². The van der Waals surface area contributed by atoms with Crippen molar-refractivity contribution in [3.63, 3.8) is 0 Å². The Balaban J connectivity index is 1.86. The van der Waals surface area contributed by atoms with Crippen LogP contribution in [0.15, 0.2) is 60.9 Å². The van der Waals surface area contributed by atoms with Gasteiger partial charge in [-0.1, -0.05) is 18.2 Å². The lowest BCUT2D eigenvalue weighted by atomic mass is 10.0. The summed E-state index contributed by atoms with van der Waals surface area (Å²) in [7, 11) is 3.61. The second-order valence-corrected chi connectivity index (χ2v) is 7.21. The second kappa shape index (κ2) is 9.14. The van der Waals surface area contributed by atoms with Gasteiger partial charge in [0.25, 0.3) is 0 Å². The van der Waals surface area contributed by atoms with Crippen molar-refractivity contribution in [2.24, 2.45) is 0 Å². The summed E-state index contributed by atoms with van der Waals surface area (Å²) in [6.07, 6.45) is 4.23. The van der Waals surface area contributed by atoms with E-state index in [1.54, 1.807) is 31.6 Å². The zero-order valence-corrected chi connectivity index (χ0v) is 17.3. The molecule has 158 valence electrons. The molecule has 2 aromatic carbocycles. The monoisotopic (exact) mass is 420 g/mol. The summed E-state index contributed by atoms with van der Waals surface area (Å²) in [6.45, 7) is 1.34. The molecule has 0 fully saturated rings. The molecular weight excluding hydrogens is 398 g/mol. The third kappa shape index (κ3) is 4.36. The van der Waals surface area contributed by atoms with Gasteiger partial charge in [-0.05, 0) is 42.3 Å². The number of methoxy groups -OCH3 is 1. The van der Waals surface area contributed by atoms with Crippen LogP contribution in [0.1, 0.15) is 6.42 Å². The van der Waals surface area contributed by atoms with Gasteiger partial charge in [-0.3, -0.25) is 4.98 Å². The van der Waals surface area contributed by atoms with Crippen LogP contribution in [0.25, 0.3) is 33.4 Å². The van der Waals surface area contributed by atoms with Crippen molar-refractivity contribution in [1.82, 2.24) is 15.0 Å². The van der Waals surface area contributed by atoms with E-state index in [0.717, 1.165) is 23.4 Å². The first-order valence-electron chi connectivity index (χ1n) is 9.95. The molecule has 0 N–H and O–H groups in total. The number of anilines is 1. The van der Waals surface area contributed by atoms with Gasteiger partial charge in [0.2, 0.25) is 0 Å². The Bertz CT molecular complexity index is 1200. The standard InChI is InChI=1S/C24H22F2N4O/c1-30(12-5-13-31-2)24-19-14-16(18-7-3-8-20(25)22(18)26)9-10-21(19)28-23(29-24)17-6-4-11-27-15-17/h3-4,6-11,14-15H,5,12-13H2,1-2H3. The van der Waals surface area contributed by atoms with Crippen LogP contribution in [0.3, 0.4) is 0 Å². The predicted octanol–water partition coefficient (Wildman–Crippen LogP) is 5.11. The fraction of sp³-hybridized carbons (Fsp3) is 0.208. The molecule has 0 spiro atoms. The highest BCUT2D eigenvalue weighted by Crippen LogP contribution is 2.32. The maximum atomic E-state index is 14.4. The summed E-state index contributed by atoms with van der Waals surface area (Å²) in [5, 5.41) is 0.758. The van der Waals surface area contributed by atoms with Crippen LogP contribution in [0.2, 0.25) is 0 Å². The summed E-state index contributed by atoms with van der Waals surface area (Å²) in [4.78, 5) is 15.7. The number of hydrogen-bond acceptors (Lipinski definition) is 5. The molecule has 4 rings (SSSR count). The molecule has 0 aliphatic carbocycles. The van der Waals surface area contributed by atoms with Gasteiger partial charge in [-0.15, -0.1) is 0 Å². The number of ether oxygens (including phenoxy) is 1. The largest absolute Gasteiger partial charge is 0.385 e. The maximum Gasteiger partial charge on any atom is 0.166 e. The number of benzene rings is 2. The molecule has 0 radical (unpaired) electrons. The minimum absolute atomic E-state index is 0.200. The van der Waals surface area contributed by atoms with Crippen molar-refractivity contribution in [1.29, 1.82) is 0 Å². The highest BCUT2D eigenvalue weighted by Gasteiger charge is 2.16. The number of aromatic nitrogens is 3. The maximum absolute atomic E-state index is 14.4.